The van der Waals surface area contributed by atoms with Gasteiger partial charge in [-0.2, -0.15) is 4.99 Å². The Bertz CT molecular complexity index is 1030. The normalized spacial score (nSPS) is 11.9. The number of nitro benzene ring substituents is 1. The van der Waals surface area contributed by atoms with Gasteiger partial charge in [-0.25, -0.2) is 0 Å². The Morgan fingerprint density at radius 3 is 2.71 bits per heavy atom. The highest BCUT2D eigenvalue weighted by atomic mass is 35.5. The number of non-ortho nitro benzene ring substituents is 1. The third-order valence-electron chi connectivity index (χ3n) is 3.26. The number of thiophene rings is 1. The molecule has 2 aromatic heterocycles. The van der Waals surface area contributed by atoms with Crippen LogP contribution in [0.25, 0.3) is 10.2 Å². The van der Waals surface area contributed by atoms with E-state index < -0.39 is 10.8 Å². The molecule has 124 valence electrons. The van der Waals surface area contributed by atoms with Gasteiger partial charge in [-0.3, -0.25) is 14.9 Å². The molecule has 0 spiro atoms. The van der Waals surface area contributed by atoms with Crippen LogP contribution in [-0.2, 0) is 7.05 Å². The number of carbonyl (C=O) groups is 1. The number of ether oxygens (including phenoxy) is 1. The molecular formula is C14H10ClN3O4S2. The number of rotatable bonds is 3. The highest BCUT2D eigenvalue weighted by molar-refractivity contribution is 7.18. The minimum atomic E-state index is -0.489. The van der Waals surface area contributed by atoms with Crippen molar-refractivity contribution in [3.8, 4) is 5.75 Å². The Hall–Kier alpha value is -2.23. The van der Waals surface area contributed by atoms with Crippen molar-refractivity contribution in [3.63, 3.8) is 0 Å². The summed E-state index contributed by atoms with van der Waals surface area (Å²) in [6.45, 7) is 0. The van der Waals surface area contributed by atoms with E-state index in [2.05, 4.69) is 4.99 Å². The van der Waals surface area contributed by atoms with Crippen molar-refractivity contribution < 1.29 is 14.5 Å². The molecule has 0 fully saturated rings. The summed E-state index contributed by atoms with van der Waals surface area (Å²) in [7, 11) is 3.16. The summed E-state index contributed by atoms with van der Waals surface area (Å²) in [4.78, 5) is 27.7. The average molecular weight is 384 g/mol. The van der Waals surface area contributed by atoms with Crippen molar-refractivity contribution in [3.05, 3.63) is 48.4 Å². The molecule has 1 aromatic carbocycles. The number of aryl methyl sites for hydroxylation is 1. The Morgan fingerprint density at radius 1 is 1.38 bits per heavy atom. The van der Waals surface area contributed by atoms with E-state index >= 15 is 0 Å². The zero-order chi connectivity index (χ0) is 17.4. The van der Waals surface area contributed by atoms with Crippen LogP contribution < -0.4 is 9.54 Å². The van der Waals surface area contributed by atoms with Crippen LogP contribution in [0, 0.1) is 10.1 Å². The molecule has 0 radical (unpaired) electrons. The molecule has 10 heteroatoms. The SMILES string of the molecule is COc1cc([N+](=O)[O-])cc2sc(=NC(=O)c3ccc(Cl)s3)n(C)c12. The molecule has 3 aromatic rings. The van der Waals surface area contributed by atoms with Crippen molar-refractivity contribution in [2.45, 2.75) is 0 Å². The lowest BCUT2D eigenvalue weighted by molar-refractivity contribution is -0.384. The smallest absolute Gasteiger partial charge is 0.289 e. The fourth-order valence-electron chi connectivity index (χ4n) is 2.17. The molecule has 3 rings (SSSR count). The van der Waals surface area contributed by atoms with Gasteiger partial charge < -0.3 is 9.30 Å². The van der Waals surface area contributed by atoms with E-state index in [-0.39, 0.29) is 5.69 Å². The van der Waals surface area contributed by atoms with Gasteiger partial charge in [0.05, 0.1) is 32.0 Å². The van der Waals surface area contributed by atoms with Gasteiger partial charge in [-0.05, 0) is 12.1 Å². The van der Waals surface area contributed by atoms with E-state index in [4.69, 9.17) is 16.3 Å². The van der Waals surface area contributed by atoms with Gasteiger partial charge in [0.1, 0.15) is 5.52 Å². The summed E-state index contributed by atoms with van der Waals surface area (Å²) in [6.07, 6.45) is 0. The van der Waals surface area contributed by atoms with Crippen LogP contribution in [0.4, 0.5) is 5.69 Å². The Labute approximate surface area is 148 Å². The number of methoxy groups -OCH3 is 1. The van der Waals surface area contributed by atoms with Crippen LogP contribution >= 0.6 is 34.3 Å². The molecule has 0 N–H and O–H groups in total. The number of carbonyl (C=O) groups excluding carboxylic acids is 1. The topological polar surface area (TPSA) is 86.7 Å². The molecule has 0 bridgehead atoms. The van der Waals surface area contributed by atoms with Crippen molar-refractivity contribution in [2.24, 2.45) is 12.0 Å². The van der Waals surface area contributed by atoms with E-state index in [1.54, 1.807) is 23.7 Å². The molecule has 1 amide bonds. The van der Waals surface area contributed by atoms with Gasteiger partial charge in [0, 0.05) is 13.1 Å². The number of halogens is 1. The van der Waals surface area contributed by atoms with E-state index in [0.717, 1.165) is 11.3 Å². The maximum absolute atomic E-state index is 12.2. The molecule has 0 saturated carbocycles. The van der Waals surface area contributed by atoms with Gasteiger partial charge in [0.2, 0.25) is 0 Å². The van der Waals surface area contributed by atoms with Crippen LogP contribution in [0.15, 0.2) is 29.3 Å². The predicted molar refractivity (Wildman–Crippen MR) is 93.2 cm³/mol. The van der Waals surface area contributed by atoms with Crippen molar-refractivity contribution in [1.29, 1.82) is 0 Å². The molecule has 0 aliphatic carbocycles. The molecular weight excluding hydrogens is 374 g/mol. The van der Waals surface area contributed by atoms with Crippen LogP contribution in [-0.4, -0.2) is 22.5 Å². The van der Waals surface area contributed by atoms with E-state index in [9.17, 15) is 14.9 Å². The third kappa shape index (κ3) is 2.93. The molecule has 2 heterocycles. The predicted octanol–water partition coefficient (Wildman–Crippen LogP) is 3.61. The highest BCUT2D eigenvalue weighted by Gasteiger charge is 2.17. The summed E-state index contributed by atoms with van der Waals surface area (Å²) in [5, 5.41) is 11.0. The molecule has 24 heavy (non-hydrogen) atoms. The lowest BCUT2D eigenvalue weighted by Gasteiger charge is -2.03. The Morgan fingerprint density at radius 2 is 2.12 bits per heavy atom. The quantitative estimate of drug-likeness (QED) is 0.510. The largest absolute Gasteiger partial charge is 0.494 e. The van der Waals surface area contributed by atoms with Gasteiger partial charge in [0.25, 0.3) is 11.6 Å². The minimum Gasteiger partial charge on any atom is -0.494 e. The number of hydrogen-bond donors (Lipinski definition) is 0. The molecule has 0 aliphatic rings. The number of fused-ring (bicyclic) bond motifs is 1. The van der Waals surface area contributed by atoms with E-state index in [0.29, 0.717) is 30.0 Å². The van der Waals surface area contributed by atoms with E-state index in [1.807, 2.05) is 0 Å². The second-order valence-corrected chi connectivity index (χ2v) is 7.44. The fourth-order valence-corrected chi connectivity index (χ4v) is 4.16. The zero-order valence-electron chi connectivity index (χ0n) is 12.5. The maximum atomic E-state index is 12.2. The summed E-state index contributed by atoms with van der Waals surface area (Å²) in [5.74, 6) is -0.0615. The third-order valence-corrected chi connectivity index (χ3v) is 5.56. The number of benzene rings is 1. The summed E-state index contributed by atoms with van der Waals surface area (Å²) < 4.78 is 8.04. The maximum Gasteiger partial charge on any atom is 0.289 e. The number of nitrogens with zero attached hydrogens (tertiary/aromatic N) is 3. The van der Waals surface area contributed by atoms with Gasteiger partial charge in [-0.1, -0.05) is 22.9 Å². The fraction of sp³-hybridized carbons (Fsp3) is 0.143. The van der Waals surface area contributed by atoms with Crippen molar-refractivity contribution in [1.82, 2.24) is 4.57 Å². The van der Waals surface area contributed by atoms with Gasteiger partial charge >= 0.3 is 0 Å². The summed E-state index contributed by atoms with van der Waals surface area (Å²) >= 11 is 8.15. The first-order valence-corrected chi connectivity index (χ1v) is 8.58. The van der Waals surface area contributed by atoms with E-state index in [1.165, 1.54) is 30.6 Å². The highest BCUT2D eigenvalue weighted by Crippen LogP contribution is 2.32. The Balaban J connectivity index is 2.19. The second-order valence-electron chi connectivity index (χ2n) is 4.72. The van der Waals surface area contributed by atoms with Crippen LogP contribution in [0.2, 0.25) is 4.34 Å². The number of amides is 1. The standard InChI is InChI=1S/C14H10ClN3O4S2/c1-17-12-8(22-2)5-7(18(20)21)6-10(12)24-14(17)16-13(19)9-3-4-11(15)23-9/h3-6H,1-2H3. The summed E-state index contributed by atoms with van der Waals surface area (Å²) in [5.41, 5.74) is 0.563. The minimum absolute atomic E-state index is 0.0795. The van der Waals surface area contributed by atoms with Gasteiger partial charge in [0.15, 0.2) is 10.6 Å². The van der Waals surface area contributed by atoms with Crippen molar-refractivity contribution in [2.75, 3.05) is 7.11 Å². The lowest BCUT2D eigenvalue weighted by atomic mass is 10.2. The number of aromatic nitrogens is 1. The number of thiazole rings is 1. The van der Waals surface area contributed by atoms with Crippen molar-refractivity contribution >= 4 is 56.1 Å². The van der Waals surface area contributed by atoms with Crippen LogP contribution in [0.5, 0.6) is 5.75 Å². The second kappa shape index (κ2) is 6.34. The van der Waals surface area contributed by atoms with Crippen LogP contribution in [0.3, 0.4) is 0 Å². The first kappa shape index (κ1) is 16.6. The molecule has 0 atom stereocenters. The average Bonchev–Trinajstić information content (AvgIpc) is 3.11. The van der Waals surface area contributed by atoms with Crippen LogP contribution in [0.1, 0.15) is 9.67 Å². The zero-order valence-corrected chi connectivity index (χ0v) is 14.9. The Kier molecular flexibility index (Phi) is 4.39. The molecule has 0 unspecified atom stereocenters. The molecule has 7 nitrogen and oxygen atoms in total. The lowest BCUT2D eigenvalue weighted by Crippen LogP contribution is -2.13. The molecule has 0 saturated heterocycles. The number of hydrogen-bond acceptors (Lipinski definition) is 6. The van der Waals surface area contributed by atoms with Gasteiger partial charge in [-0.15, -0.1) is 11.3 Å². The first-order chi connectivity index (χ1) is 11.4. The number of nitro groups is 1. The monoisotopic (exact) mass is 383 g/mol. The summed E-state index contributed by atoms with van der Waals surface area (Å²) in [6, 6.07) is 6.03. The molecule has 0 aliphatic heterocycles. The first-order valence-electron chi connectivity index (χ1n) is 6.57.